The highest BCUT2D eigenvalue weighted by Gasteiger charge is 2.29. The fourth-order valence-electron chi connectivity index (χ4n) is 2.76. The number of carbonyl (C=O) groups excluding carboxylic acids is 2. The molecule has 1 aromatic heterocycles. The van der Waals surface area contributed by atoms with Gasteiger partial charge in [-0.05, 0) is 42.7 Å². The predicted molar refractivity (Wildman–Crippen MR) is 98.1 cm³/mol. The largest absolute Gasteiger partial charge is 0.469 e. The van der Waals surface area contributed by atoms with Crippen LogP contribution in [0.1, 0.15) is 51.0 Å². The van der Waals surface area contributed by atoms with Crippen LogP contribution in [0.15, 0.2) is 30.3 Å². The minimum Gasteiger partial charge on any atom is -0.469 e. The van der Waals surface area contributed by atoms with Crippen molar-refractivity contribution >= 4 is 34.7 Å². The number of ketones is 1. The van der Waals surface area contributed by atoms with Gasteiger partial charge in [0.1, 0.15) is 0 Å². The van der Waals surface area contributed by atoms with Gasteiger partial charge in [-0.15, -0.1) is 22.9 Å². The van der Waals surface area contributed by atoms with E-state index in [2.05, 4.69) is 0 Å². The first-order valence-corrected chi connectivity index (χ1v) is 9.08. The lowest BCUT2D eigenvalue weighted by atomic mass is 9.84. The molecular formula is C19H21ClO3S. The summed E-state index contributed by atoms with van der Waals surface area (Å²) in [5.74, 6) is -0.355. The van der Waals surface area contributed by atoms with Crippen molar-refractivity contribution in [3.63, 3.8) is 0 Å². The molecule has 0 aliphatic carbocycles. The molecule has 2 rings (SSSR count). The maximum absolute atomic E-state index is 12.2. The molecule has 0 N–H and O–H groups in total. The number of hydrogen-bond donors (Lipinski definition) is 0. The molecule has 24 heavy (non-hydrogen) atoms. The van der Waals surface area contributed by atoms with Crippen molar-refractivity contribution in [2.45, 2.75) is 32.6 Å². The van der Waals surface area contributed by atoms with E-state index in [0.29, 0.717) is 10.8 Å². The molecular weight excluding hydrogens is 344 g/mol. The van der Waals surface area contributed by atoms with Gasteiger partial charge in [-0.2, -0.15) is 0 Å². The van der Waals surface area contributed by atoms with E-state index in [4.69, 9.17) is 16.3 Å². The monoisotopic (exact) mass is 364 g/mol. The number of hydrogen-bond acceptors (Lipinski definition) is 4. The van der Waals surface area contributed by atoms with Gasteiger partial charge in [0.25, 0.3) is 0 Å². The van der Waals surface area contributed by atoms with Crippen LogP contribution in [0.4, 0.5) is 0 Å². The number of Topliss-reactive ketones (excluding diaryl/α,β-unsaturated/α-hetero) is 1. The van der Waals surface area contributed by atoms with Crippen LogP contribution in [0.2, 0.25) is 0 Å². The van der Waals surface area contributed by atoms with E-state index in [1.54, 1.807) is 6.92 Å². The van der Waals surface area contributed by atoms with Gasteiger partial charge in [-0.3, -0.25) is 9.59 Å². The summed E-state index contributed by atoms with van der Waals surface area (Å²) in [6.45, 7) is 5.41. The van der Waals surface area contributed by atoms with Gasteiger partial charge in [0.15, 0.2) is 5.78 Å². The Balaban J connectivity index is 2.53. The summed E-state index contributed by atoms with van der Waals surface area (Å²) in [5, 5.41) is 0. The highest BCUT2D eigenvalue weighted by atomic mass is 35.5. The molecule has 1 aromatic carbocycles. The molecule has 0 radical (unpaired) electrons. The van der Waals surface area contributed by atoms with Gasteiger partial charge in [-0.25, -0.2) is 0 Å². The van der Waals surface area contributed by atoms with Crippen molar-refractivity contribution < 1.29 is 14.3 Å². The molecule has 0 amide bonds. The van der Waals surface area contributed by atoms with Crippen LogP contribution < -0.4 is 0 Å². The molecule has 2 aromatic rings. The number of thiophene rings is 1. The summed E-state index contributed by atoms with van der Waals surface area (Å²) in [5.41, 5.74) is 3.17. The number of ether oxygens (including phenoxy) is 1. The minimum absolute atomic E-state index is 0.0288. The summed E-state index contributed by atoms with van der Waals surface area (Å²) in [7, 11) is 1.39. The Labute approximate surface area is 151 Å². The molecule has 0 saturated heterocycles. The Morgan fingerprint density at radius 2 is 1.96 bits per heavy atom. The number of benzene rings is 1. The lowest BCUT2D eigenvalue weighted by Gasteiger charge is -2.22. The molecule has 128 valence electrons. The number of esters is 1. The van der Waals surface area contributed by atoms with E-state index in [1.807, 2.05) is 44.2 Å². The average Bonchev–Trinajstić information content (AvgIpc) is 3.05. The summed E-state index contributed by atoms with van der Waals surface area (Å²) >= 11 is 7.46. The van der Waals surface area contributed by atoms with E-state index < -0.39 is 0 Å². The number of alkyl halides is 1. The molecule has 0 saturated carbocycles. The van der Waals surface area contributed by atoms with Crippen molar-refractivity contribution in [2.75, 3.05) is 7.11 Å². The van der Waals surface area contributed by atoms with Crippen LogP contribution in [-0.2, 0) is 15.4 Å². The van der Waals surface area contributed by atoms with E-state index >= 15 is 0 Å². The first-order valence-electron chi connectivity index (χ1n) is 7.73. The van der Waals surface area contributed by atoms with Gasteiger partial charge in [0.2, 0.25) is 0 Å². The van der Waals surface area contributed by atoms with Crippen molar-refractivity contribution in [1.29, 1.82) is 0 Å². The quantitative estimate of drug-likeness (QED) is 0.414. The fraction of sp³-hybridized carbons (Fsp3) is 0.368. The number of methoxy groups -OCH3 is 1. The maximum Gasteiger partial charge on any atom is 0.309 e. The molecule has 0 fully saturated rings. The second kappa shape index (κ2) is 7.95. The van der Waals surface area contributed by atoms with Crippen molar-refractivity contribution in [3.8, 4) is 0 Å². The van der Waals surface area contributed by atoms with Gasteiger partial charge < -0.3 is 4.74 Å². The highest BCUT2D eigenvalue weighted by molar-refractivity contribution is 7.14. The zero-order valence-corrected chi connectivity index (χ0v) is 15.8. The Morgan fingerprint density at radius 3 is 2.50 bits per heavy atom. The molecule has 0 aliphatic heterocycles. The summed E-state index contributed by atoms with van der Waals surface area (Å²) in [6.07, 6.45) is 0. The smallest absolute Gasteiger partial charge is 0.309 e. The third kappa shape index (κ3) is 3.87. The van der Waals surface area contributed by atoms with Crippen molar-refractivity contribution in [1.82, 2.24) is 0 Å². The number of halogens is 1. The maximum atomic E-state index is 12.2. The molecule has 0 aliphatic rings. The Hall–Kier alpha value is -1.65. The van der Waals surface area contributed by atoms with E-state index in [1.165, 1.54) is 18.4 Å². The van der Waals surface area contributed by atoms with Crippen molar-refractivity contribution in [3.05, 3.63) is 56.8 Å². The van der Waals surface area contributed by atoms with E-state index in [0.717, 1.165) is 21.6 Å². The first kappa shape index (κ1) is 18.7. The van der Waals surface area contributed by atoms with Gasteiger partial charge in [0.05, 0.1) is 17.9 Å². The Kier molecular flexibility index (Phi) is 6.19. The zero-order valence-electron chi connectivity index (χ0n) is 14.3. The molecule has 0 spiro atoms. The van der Waals surface area contributed by atoms with Crippen LogP contribution >= 0.6 is 22.9 Å². The van der Waals surface area contributed by atoms with Crippen molar-refractivity contribution in [2.24, 2.45) is 5.92 Å². The van der Waals surface area contributed by atoms with Gasteiger partial charge in [0, 0.05) is 16.7 Å². The standard InChI is InChI=1S/C19H21ClO3S/c1-11-5-6-14(9-15(11)10-20)18(12(2)19(22)23-4)17-8-7-16(24-17)13(3)21/h5-9,12,18H,10H2,1-4H3. The topological polar surface area (TPSA) is 43.4 Å². The van der Waals surface area contributed by atoms with Crippen LogP contribution in [0, 0.1) is 12.8 Å². The first-order chi connectivity index (χ1) is 11.4. The Morgan fingerprint density at radius 1 is 1.25 bits per heavy atom. The predicted octanol–water partition coefficient (Wildman–Crippen LogP) is 4.94. The number of carbonyl (C=O) groups is 2. The minimum atomic E-state index is -0.362. The van der Waals surface area contributed by atoms with Gasteiger partial charge >= 0.3 is 5.97 Å². The van der Waals surface area contributed by atoms with Crippen LogP contribution in [0.25, 0.3) is 0 Å². The lowest BCUT2D eigenvalue weighted by molar-refractivity contribution is -0.145. The van der Waals surface area contributed by atoms with Gasteiger partial charge in [-0.1, -0.05) is 25.1 Å². The fourth-order valence-corrected chi connectivity index (χ4v) is 4.18. The summed E-state index contributed by atoms with van der Waals surface area (Å²) < 4.78 is 4.94. The third-order valence-electron chi connectivity index (χ3n) is 4.23. The second-order valence-electron chi connectivity index (χ2n) is 5.87. The Bertz CT molecular complexity index is 751. The molecule has 5 heteroatoms. The average molecular weight is 365 g/mol. The molecule has 2 atom stereocenters. The normalized spacial score (nSPS) is 13.4. The summed E-state index contributed by atoms with van der Waals surface area (Å²) in [6, 6.07) is 9.81. The van der Waals surface area contributed by atoms with E-state index in [-0.39, 0.29) is 23.6 Å². The SMILES string of the molecule is COC(=O)C(C)C(c1ccc(C)c(CCl)c1)c1ccc(C(C)=O)s1. The summed E-state index contributed by atoms with van der Waals surface area (Å²) in [4.78, 5) is 25.4. The molecule has 2 unspecified atom stereocenters. The molecule has 0 bridgehead atoms. The third-order valence-corrected chi connectivity index (χ3v) is 5.79. The number of rotatable bonds is 6. The van der Waals surface area contributed by atoms with Crippen LogP contribution in [0.5, 0.6) is 0 Å². The highest BCUT2D eigenvalue weighted by Crippen LogP contribution is 2.37. The number of aryl methyl sites for hydroxylation is 1. The van der Waals surface area contributed by atoms with Crippen LogP contribution in [0.3, 0.4) is 0 Å². The second-order valence-corrected chi connectivity index (χ2v) is 7.25. The zero-order chi connectivity index (χ0) is 17.9. The molecule has 3 nitrogen and oxygen atoms in total. The molecule has 1 heterocycles. The van der Waals surface area contributed by atoms with E-state index in [9.17, 15) is 9.59 Å². The van der Waals surface area contributed by atoms with Crippen LogP contribution in [-0.4, -0.2) is 18.9 Å². The lowest BCUT2D eigenvalue weighted by Crippen LogP contribution is -2.21.